The van der Waals surface area contributed by atoms with Gasteiger partial charge in [-0.05, 0) is 38.5 Å². The first-order valence-electron chi connectivity index (χ1n) is 11.2. The van der Waals surface area contributed by atoms with Crippen molar-refractivity contribution in [1.29, 1.82) is 0 Å². The van der Waals surface area contributed by atoms with Crippen molar-refractivity contribution >= 4 is 5.69 Å². The minimum Gasteiger partial charge on any atom is -0.369 e. The molecule has 9 nitrogen and oxygen atoms in total. The molecule has 0 radical (unpaired) electrons. The number of morpholine rings is 1. The number of nitrogens with one attached hydrogen (secondary N) is 2. The Morgan fingerprint density at radius 1 is 1.15 bits per heavy atom. The van der Waals surface area contributed by atoms with Crippen LogP contribution in [-0.4, -0.2) is 40.2 Å². The van der Waals surface area contributed by atoms with Crippen molar-refractivity contribution < 1.29 is 14.5 Å². The number of nitro benzene ring substituents is 1. The molecule has 1 aliphatic heterocycles. The summed E-state index contributed by atoms with van der Waals surface area (Å²) in [6.07, 6.45) is -0.224. The lowest BCUT2D eigenvalue weighted by molar-refractivity contribution is -0.384. The summed E-state index contributed by atoms with van der Waals surface area (Å²) >= 11 is 0. The summed E-state index contributed by atoms with van der Waals surface area (Å²) in [5.41, 5.74) is 6.70. The minimum atomic E-state index is -0.418. The maximum absolute atomic E-state index is 11.3. The van der Waals surface area contributed by atoms with Crippen molar-refractivity contribution in [3.8, 4) is 22.6 Å². The molecule has 0 bridgehead atoms. The third kappa shape index (κ3) is 6.21. The number of hydrogen-bond acceptors (Lipinski definition) is 8. The van der Waals surface area contributed by atoms with Gasteiger partial charge in [0.05, 0.1) is 28.5 Å². The third-order valence-corrected chi connectivity index (χ3v) is 5.20. The van der Waals surface area contributed by atoms with Crippen molar-refractivity contribution in [3.05, 3.63) is 76.0 Å². The standard InChI is InChI=1S/C25H29N5O4/c1-25(2,3)34-27-15-17-6-4-7-18(12-17)21-14-22(23-16-26-10-11-33-23)29-24(28-21)19-8-5-9-20(13-19)30(31)32/h4-9,12-14,23,26-27H,10-11,15-16H2,1-3H3. The summed E-state index contributed by atoms with van der Waals surface area (Å²) in [4.78, 5) is 26.0. The number of benzene rings is 2. The molecular weight excluding hydrogens is 434 g/mol. The van der Waals surface area contributed by atoms with Gasteiger partial charge in [0.1, 0.15) is 6.10 Å². The van der Waals surface area contributed by atoms with Crippen LogP contribution in [0.2, 0.25) is 0 Å². The quantitative estimate of drug-likeness (QED) is 0.396. The summed E-state index contributed by atoms with van der Waals surface area (Å²) in [5, 5.41) is 14.6. The molecule has 0 amide bonds. The van der Waals surface area contributed by atoms with E-state index in [-0.39, 0.29) is 17.4 Å². The third-order valence-electron chi connectivity index (χ3n) is 5.20. The predicted molar refractivity (Wildman–Crippen MR) is 129 cm³/mol. The highest BCUT2D eigenvalue weighted by atomic mass is 16.7. The van der Waals surface area contributed by atoms with Crippen LogP contribution in [0.5, 0.6) is 0 Å². The number of non-ortho nitro benzene ring substituents is 1. The van der Waals surface area contributed by atoms with Gasteiger partial charge in [-0.1, -0.05) is 30.3 Å². The first kappa shape index (κ1) is 23.9. The van der Waals surface area contributed by atoms with Crippen LogP contribution in [0.3, 0.4) is 0 Å². The Labute approximate surface area is 198 Å². The van der Waals surface area contributed by atoms with Crippen LogP contribution in [-0.2, 0) is 16.1 Å². The van der Waals surface area contributed by atoms with E-state index in [1.54, 1.807) is 12.1 Å². The Balaban J connectivity index is 1.70. The minimum absolute atomic E-state index is 0.00411. The number of hydroxylamine groups is 1. The zero-order valence-electron chi connectivity index (χ0n) is 19.6. The van der Waals surface area contributed by atoms with Crippen molar-refractivity contribution in [2.75, 3.05) is 19.7 Å². The molecule has 1 aromatic heterocycles. The number of ether oxygens (including phenoxy) is 1. The van der Waals surface area contributed by atoms with Gasteiger partial charge in [0.25, 0.3) is 5.69 Å². The lowest BCUT2D eigenvalue weighted by Gasteiger charge is -2.24. The molecular formula is C25H29N5O4. The fourth-order valence-corrected chi connectivity index (χ4v) is 3.60. The van der Waals surface area contributed by atoms with E-state index in [4.69, 9.17) is 19.5 Å². The Kier molecular flexibility index (Phi) is 7.28. The molecule has 9 heteroatoms. The molecule has 1 atom stereocenters. The molecule has 4 rings (SSSR count). The highest BCUT2D eigenvalue weighted by Gasteiger charge is 2.21. The van der Waals surface area contributed by atoms with E-state index in [0.29, 0.717) is 31.1 Å². The van der Waals surface area contributed by atoms with Crippen LogP contribution in [0.25, 0.3) is 22.6 Å². The van der Waals surface area contributed by atoms with Crippen LogP contribution in [0.1, 0.15) is 38.1 Å². The van der Waals surface area contributed by atoms with E-state index in [9.17, 15) is 10.1 Å². The molecule has 2 aromatic carbocycles. The molecule has 1 saturated heterocycles. The summed E-state index contributed by atoms with van der Waals surface area (Å²) in [6.45, 7) is 8.50. The highest BCUT2D eigenvalue weighted by molar-refractivity contribution is 5.66. The summed E-state index contributed by atoms with van der Waals surface area (Å²) in [5.74, 6) is 0.421. The van der Waals surface area contributed by atoms with Gasteiger partial charge >= 0.3 is 0 Å². The molecule has 3 aromatic rings. The fourth-order valence-electron chi connectivity index (χ4n) is 3.60. The number of rotatable bonds is 7. The molecule has 2 heterocycles. The van der Waals surface area contributed by atoms with Crippen LogP contribution in [0.15, 0.2) is 54.6 Å². The number of hydrogen-bond donors (Lipinski definition) is 2. The van der Waals surface area contributed by atoms with Gasteiger partial charge in [-0.15, -0.1) is 0 Å². The second-order valence-corrected chi connectivity index (χ2v) is 9.11. The second-order valence-electron chi connectivity index (χ2n) is 9.11. The molecule has 34 heavy (non-hydrogen) atoms. The van der Waals surface area contributed by atoms with E-state index in [1.807, 2.05) is 51.1 Å². The summed E-state index contributed by atoms with van der Waals surface area (Å²) in [6, 6.07) is 16.3. The lowest BCUT2D eigenvalue weighted by Crippen LogP contribution is -2.33. The summed E-state index contributed by atoms with van der Waals surface area (Å²) < 4.78 is 5.93. The zero-order valence-corrected chi connectivity index (χ0v) is 19.6. The van der Waals surface area contributed by atoms with Gasteiger partial charge in [-0.25, -0.2) is 9.97 Å². The number of nitro groups is 1. The monoisotopic (exact) mass is 463 g/mol. The Morgan fingerprint density at radius 3 is 2.68 bits per heavy atom. The smallest absolute Gasteiger partial charge is 0.270 e. The molecule has 0 aliphatic carbocycles. The van der Waals surface area contributed by atoms with Crippen molar-refractivity contribution in [1.82, 2.24) is 20.8 Å². The van der Waals surface area contributed by atoms with Gasteiger partial charge in [-0.3, -0.25) is 15.0 Å². The Hall–Kier alpha value is -3.24. The van der Waals surface area contributed by atoms with E-state index >= 15 is 0 Å². The van der Waals surface area contributed by atoms with E-state index in [1.165, 1.54) is 12.1 Å². The molecule has 1 aliphatic rings. The zero-order chi connectivity index (χ0) is 24.1. The van der Waals surface area contributed by atoms with Crippen LogP contribution >= 0.6 is 0 Å². The molecule has 1 unspecified atom stereocenters. The summed E-state index contributed by atoms with van der Waals surface area (Å²) in [7, 11) is 0. The lowest BCUT2D eigenvalue weighted by atomic mass is 10.1. The molecule has 0 spiro atoms. The fraction of sp³-hybridized carbons (Fsp3) is 0.360. The van der Waals surface area contributed by atoms with Gasteiger partial charge in [0.2, 0.25) is 0 Å². The average molecular weight is 464 g/mol. The second kappa shape index (κ2) is 10.4. The number of aromatic nitrogens is 2. The van der Waals surface area contributed by atoms with Crippen molar-refractivity contribution in [2.45, 2.75) is 39.0 Å². The molecule has 2 N–H and O–H groups in total. The van der Waals surface area contributed by atoms with Crippen molar-refractivity contribution in [2.24, 2.45) is 0 Å². The molecule has 1 fully saturated rings. The van der Waals surface area contributed by atoms with Crippen molar-refractivity contribution in [3.63, 3.8) is 0 Å². The molecule has 0 saturated carbocycles. The average Bonchev–Trinajstić information content (AvgIpc) is 2.84. The van der Waals surface area contributed by atoms with Gasteiger partial charge < -0.3 is 10.1 Å². The Bertz CT molecular complexity index is 1160. The highest BCUT2D eigenvalue weighted by Crippen LogP contribution is 2.28. The number of nitrogens with zero attached hydrogens (tertiary/aromatic N) is 3. The van der Waals surface area contributed by atoms with Gasteiger partial charge in [-0.2, -0.15) is 5.48 Å². The van der Waals surface area contributed by atoms with Gasteiger partial charge in [0.15, 0.2) is 5.82 Å². The normalized spacial score (nSPS) is 16.4. The van der Waals surface area contributed by atoms with E-state index in [0.717, 1.165) is 29.1 Å². The maximum atomic E-state index is 11.3. The van der Waals surface area contributed by atoms with E-state index in [2.05, 4.69) is 10.8 Å². The largest absolute Gasteiger partial charge is 0.369 e. The van der Waals surface area contributed by atoms with E-state index < -0.39 is 4.92 Å². The first-order chi connectivity index (χ1) is 16.3. The van der Waals surface area contributed by atoms with Crippen LogP contribution in [0, 0.1) is 10.1 Å². The molecule has 178 valence electrons. The Morgan fingerprint density at radius 2 is 1.94 bits per heavy atom. The topological polar surface area (TPSA) is 111 Å². The predicted octanol–water partition coefficient (Wildman–Crippen LogP) is 4.20. The van der Waals surface area contributed by atoms with Gasteiger partial charge in [0, 0.05) is 42.9 Å². The van der Waals surface area contributed by atoms with Crippen LogP contribution < -0.4 is 10.8 Å². The van der Waals surface area contributed by atoms with Crippen LogP contribution in [0.4, 0.5) is 5.69 Å². The first-order valence-corrected chi connectivity index (χ1v) is 11.2. The maximum Gasteiger partial charge on any atom is 0.270 e. The SMILES string of the molecule is CC(C)(C)ONCc1cccc(-c2cc(C3CNCCO3)nc(-c3cccc([N+](=O)[O-])c3)n2)c1.